The minimum Gasteiger partial charge on any atom is -0.461 e. The molecule has 0 aliphatic carbocycles. The highest BCUT2D eigenvalue weighted by Gasteiger charge is 2.14. The van der Waals surface area contributed by atoms with Gasteiger partial charge in [-0.25, -0.2) is 0 Å². The molecule has 0 radical (unpaired) electrons. The Kier molecular flexibility index (Phi) is 4.71. The third-order valence-electron chi connectivity index (χ3n) is 3.58. The first-order valence-electron chi connectivity index (χ1n) is 7.48. The van der Waals surface area contributed by atoms with Crippen LogP contribution in [0.4, 0.5) is 5.69 Å². The van der Waals surface area contributed by atoms with Crippen LogP contribution in [0, 0.1) is 13.8 Å². The van der Waals surface area contributed by atoms with E-state index in [2.05, 4.69) is 15.5 Å². The summed E-state index contributed by atoms with van der Waals surface area (Å²) in [6.07, 6.45) is 1.59. The van der Waals surface area contributed by atoms with Crippen LogP contribution in [-0.2, 0) is 11.8 Å². The van der Waals surface area contributed by atoms with Crippen LogP contribution in [-0.4, -0.2) is 26.4 Å². The third-order valence-corrected chi connectivity index (χ3v) is 4.60. The lowest BCUT2D eigenvalue weighted by molar-refractivity contribution is -0.113. The molecule has 2 heterocycles. The van der Waals surface area contributed by atoms with E-state index in [0.29, 0.717) is 16.7 Å². The zero-order chi connectivity index (χ0) is 17.1. The number of carbonyl (C=O) groups is 1. The van der Waals surface area contributed by atoms with Crippen LogP contribution < -0.4 is 5.32 Å². The number of thioether (sulfide) groups is 1. The Morgan fingerprint density at radius 1 is 1.29 bits per heavy atom. The first-order valence-corrected chi connectivity index (χ1v) is 8.46. The van der Waals surface area contributed by atoms with E-state index in [1.54, 1.807) is 12.3 Å². The lowest BCUT2D eigenvalue weighted by atomic mass is 10.1. The van der Waals surface area contributed by atoms with Gasteiger partial charge in [0, 0.05) is 12.7 Å². The average molecular weight is 342 g/mol. The van der Waals surface area contributed by atoms with Gasteiger partial charge in [0.15, 0.2) is 16.7 Å². The second kappa shape index (κ2) is 6.92. The Hall–Kier alpha value is -2.54. The lowest BCUT2D eigenvalue weighted by Gasteiger charge is -2.09. The van der Waals surface area contributed by atoms with Crippen molar-refractivity contribution in [2.45, 2.75) is 19.0 Å². The average Bonchev–Trinajstić information content (AvgIpc) is 3.18. The van der Waals surface area contributed by atoms with E-state index in [4.69, 9.17) is 4.42 Å². The highest BCUT2D eigenvalue weighted by molar-refractivity contribution is 7.99. The van der Waals surface area contributed by atoms with Gasteiger partial charge in [-0.05, 0) is 43.2 Å². The first kappa shape index (κ1) is 16.3. The maximum Gasteiger partial charge on any atom is 0.234 e. The number of carbonyl (C=O) groups excluding carboxylic acids is 1. The van der Waals surface area contributed by atoms with Crippen molar-refractivity contribution >= 4 is 23.4 Å². The number of aromatic nitrogens is 3. The maximum atomic E-state index is 12.2. The van der Waals surface area contributed by atoms with Gasteiger partial charge in [0.2, 0.25) is 5.91 Å². The van der Waals surface area contributed by atoms with Crippen molar-refractivity contribution in [1.82, 2.24) is 14.8 Å². The summed E-state index contributed by atoms with van der Waals surface area (Å²) in [7, 11) is 1.85. The molecule has 0 aliphatic rings. The van der Waals surface area contributed by atoms with Gasteiger partial charge in [-0.3, -0.25) is 4.79 Å². The van der Waals surface area contributed by atoms with Crippen molar-refractivity contribution in [1.29, 1.82) is 0 Å². The molecule has 0 unspecified atom stereocenters. The second-order valence-corrected chi connectivity index (χ2v) is 6.44. The Morgan fingerprint density at radius 3 is 2.88 bits per heavy atom. The fourth-order valence-electron chi connectivity index (χ4n) is 2.25. The molecule has 2 aromatic heterocycles. The molecule has 0 fully saturated rings. The molecule has 0 saturated carbocycles. The van der Waals surface area contributed by atoms with E-state index in [1.807, 2.05) is 49.7 Å². The third kappa shape index (κ3) is 3.51. The number of hydrogen-bond acceptors (Lipinski definition) is 5. The molecule has 0 saturated heterocycles. The summed E-state index contributed by atoms with van der Waals surface area (Å²) in [6, 6.07) is 9.61. The van der Waals surface area contributed by atoms with E-state index >= 15 is 0 Å². The molecule has 0 bridgehead atoms. The number of aryl methyl sites for hydroxylation is 2. The molecule has 1 aromatic carbocycles. The van der Waals surface area contributed by atoms with Crippen LogP contribution in [0.15, 0.2) is 46.2 Å². The minimum absolute atomic E-state index is 0.0729. The van der Waals surface area contributed by atoms with Crippen LogP contribution in [0.25, 0.3) is 11.6 Å². The number of furan rings is 1. The molecule has 6 nitrogen and oxygen atoms in total. The zero-order valence-electron chi connectivity index (χ0n) is 13.7. The van der Waals surface area contributed by atoms with Gasteiger partial charge in [-0.1, -0.05) is 23.9 Å². The molecule has 0 atom stereocenters. The molecular weight excluding hydrogens is 324 g/mol. The van der Waals surface area contributed by atoms with Gasteiger partial charge in [0.1, 0.15) is 0 Å². The summed E-state index contributed by atoms with van der Waals surface area (Å²) in [5.41, 5.74) is 2.99. The van der Waals surface area contributed by atoms with E-state index in [1.165, 1.54) is 11.8 Å². The molecule has 3 rings (SSSR count). The Bertz CT molecular complexity index is 856. The first-order chi connectivity index (χ1) is 11.5. The van der Waals surface area contributed by atoms with E-state index in [9.17, 15) is 4.79 Å². The standard InChI is InChI=1S/C17H18N4O2S/c1-11-6-7-12(2)13(9-11)18-15(22)10-24-17-20-19-16(21(17)3)14-5-4-8-23-14/h4-9H,10H2,1-3H3,(H,18,22). The van der Waals surface area contributed by atoms with Gasteiger partial charge in [0.05, 0.1) is 12.0 Å². The molecule has 3 aromatic rings. The molecular formula is C17H18N4O2S. The number of rotatable bonds is 5. The van der Waals surface area contributed by atoms with Crippen LogP contribution >= 0.6 is 11.8 Å². The Balaban J connectivity index is 1.64. The van der Waals surface area contributed by atoms with Crippen LogP contribution in [0.3, 0.4) is 0 Å². The fourth-order valence-corrected chi connectivity index (χ4v) is 2.96. The number of amides is 1. The summed E-state index contributed by atoms with van der Waals surface area (Å²) in [5, 5.41) is 11.8. The lowest BCUT2D eigenvalue weighted by Crippen LogP contribution is -2.15. The van der Waals surface area contributed by atoms with Crippen molar-refractivity contribution in [3.63, 3.8) is 0 Å². The molecule has 24 heavy (non-hydrogen) atoms. The largest absolute Gasteiger partial charge is 0.461 e. The maximum absolute atomic E-state index is 12.2. The highest BCUT2D eigenvalue weighted by atomic mass is 32.2. The number of nitrogens with zero attached hydrogens (tertiary/aromatic N) is 3. The quantitative estimate of drug-likeness (QED) is 0.719. The number of benzene rings is 1. The zero-order valence-corrected chi connectivity index (χ0v) is 14.6. The van der Waals surface area contributed by atoms with Crippen LogP contribution in [0.2, 0.25) is 0 Å². The van der Waals surface area contributed by atoms with Gasteiger partial charge >= 0.3 is 0 Å². The molecule has 0 aliphatic heterocycles. The van der Waals surface area contributed by atoms with E-state index < -0.39 is 0 Å². The van der Waals surface area contributed by atoms with Gasteiger partial charge in [0.25, 0.3) is 0 Å². The summed E-state index contributed by atoms with van der Waals surface area (Å²) < 4.78 is 7.14. The summed E-state index contributed by atoms with van der Waals surface area (Å²) in [6.45, 7) is 3.97. The SMILES string of the molecule is Cc1ccc(C)c(NC(=O)CSc2nnc(-c3ccco3)n2C)c1. The minimum atomic E-state index is -0.0729. The van der Waals surface area contributed by atoms with Crippen molar-refractivity contribution in [3.8, 4) is 11.6 Å². The predicted octanol–water partition coefficient (Wildman–Crippen LogP) is 3.42. The van der Waals surface area contributed by atoms with Crippen LogP contribution in [0.1, 0.15) is 11.1 Å². The van der Waals surface area contributed by atoms with Crippen molar-refractivity contribution < 1.29 is 9.21 Å². The second-order valence-electron chi connectivity index (χ2n) is 5.50. The van der Waals surface area contributed by atoms with Crippen molar-refractivity contribution in [2.24, 2.45) is 7.05 Å². The molecule has 1 N–H and O–H groups in total. The summed E-state index contributed by atoms with van der Waals surface area (Å²) >= 11 is 1.34. The van der Waals surface area contributed by atoms with E-state index in [0.717, 1.165) is 16.8 Å². The number of hydrogen-bond donors (Lipinski definition) is 1. The highest BCUT2D eigenvalue weighted by Crippen LogP contribution is 2.23. The number of anilines is 1. The normalized spacial score (nSPS) is 10.8. The fraction of sp³-hybridized carbons (Fsp3) is 0.235. The van der Waals surface area contributed by atoms with Crippen molar-refractivity contribution in [2.75, 3.05) is 11.1 Å². The van der Waals surface area contributed by atoms with Gasteiger partial charge in [-0.15, -0.1) is 10.2 Å². The van der Waals surface area contributed by atoms with Gasteiger partial charge < -0.3 is 14.3 Å². The number of nitrogens with one attached hydrogen (secondary N) is 1. The monoisotopic (exact) mass is 342 g/mol. The molecule has 7 heteroatoms. The van der Waals surface area contributed by atoms with Crippen molar-refractivity contribution in [3.05, 3.63) is 47.7 Å². The summed E-state index contributed by atoms with van der Waals surface area (Å²) in [5.74, 6) is 1.47. The molecule has 0 spiro atoms. The Labute approximate surface area is 144 Å². The summed E-state index contributed by atoms with van der Waals surface area (Å²) in [4.78, 5) is 12.2. The van der Waals surface area contributed by atoms with Gasteiger partial charge in [-0.2, -0.15) is 0 Å². The predicted molar refractivity (Wildman–Crippen MR) is 94.0 cm³/mol. The van der Waals surface area contributed by atoms with E-state index in [-0.39, 0.29) is 11.7 Å². The topological polar surface area (TPSA) is 73.0 Å². The smallest absolute Gasteiger partial charge is 0.234 e. The van der Waals surface area contributed by atoms with Crippen LogP contribution in [0.5, 0.6) is 0 Å². The molecule has 1 amide bonds. The Morgan fingerprint density at radius 2 is 2.12 bits per heavy atom. The molecule has 124 valence electrons.